The molecule has 0 bridgehead atoms. The quantitative estimate of drug-likeness (QED) is 0.790. The molecule has 1 aliphatic rings. The van der Waals surface area contributed by atoms with Crippen molar-refractivity contribution in [3.8, 4) is 0 Å². The highest BCUT2D eigenvalue weighted by Gasteiger charge is 2.28. The van der Waals surface area contributed by atoms with E-state index in [9.17, 15) is 4.79 Å². The van der Waals surface area contributed by atoms with E-state index in [1.807, 2.05) is 0 Å². The summed E-state index contributed by atoms with van der Waals surface area (Å²) in [4.78, 5) is 12.4. The molecule has 1 rings (SSSR count). The lowest BCUT2D eigenvalue weighted by Crippen LogP contribution is -2.47. The first kappa shape index (κ1) is 10.8. The molecule has 0 saturated carbocycles. The van der Waals surface area contributed by atoms with Crippen LogP contribution in [0.1, 0.15) is 6.42 Å². The fourth-order valence-electron chi connectivity index (χ4n) is 1.43. The number of hydrogen-bond donors (Lipinski definition) is 1. The highest BCUT2D eigenvalue weighted by atomic mass is 35.5. The van der Waals surface area contributed by atoms with Gasteiger partial charge in [0.25, 0.3) is 0 Å². The molecule has 3 nitrogen and oxygen atoms in total. The Morgan fingerprint density at radius 3 is 2.69 bits per heavy atom. The van der Waals surface area contributed by atoms with Crippen LogP contribution in [0.3, 0.4) is 0 Å². The third kappa shape index (κ3) is 3.55. The van der Waals surface area contributed by atoms with Crippen LogP contribution < -0.4 is 0 Å². The van der Waals surface area contributed by atoms with Crippen LogP contribution in [0.4, 0.5) is 0 Å². The minimum atomic E-state index is -0.733. The summed E-state index contributed by atoms with van der Waals surface area (Å²) in [6, 6.07) is 0. The molecule has 1 saturated heterocycles. The van der Waals surface area contributed by atoms with E-state index in [0.29, 0.717) is 11.6 Å². The Morgan fingerprint density at radius 1 is 1.62 bits per heavy atom. The molecule has 0 aromatic carbocycles. The summed E-state index contributed by atoms with van der Waals surface area (Å²) in [5.74, 6) is -0.457. The summed E-state index contributed by atoms with van der Waals surface area (Å²) in [7, 11) is 0. The lowest BCUT2D eigenvalue weighted by atomic mass is 9.97. The number of carboxylic acid groups (broad SMARTS) is 1. The van der Waals surface area contributed by atoms with E-state index in [1.54, 1.807) is 0 Å². The molecule has 1 N–H and O–H groups in total. The smallest absolute Gasteiger partial charge is 0.303 e. The van der Waals surface area contributed by atoms with E-state index in [4.69, 9.17) is 28.3 Å². The number of nitrogens with zero attached hydrogens (tertiary/aromatic N) is 1. The molecule has 1 aliphatic heterocycles. The van der Waals surface area contributed by atoms with Gasteiger partial charge >= 0.3 is 5.97 Å². The zero-order valence-corrected chi connectivity index (χ0v) is 8.55. The van der Waals surface area contributed by atoms with Crippen molar-refractivity contribution in [2.75, 3.05) is 19.6 Å². The maximum Gasteiger partial charge on any atom is 0.303 e. The van der Waals surface area contributed by atoms with Crippen LogP contribution in [0, 0.1) is 5.92 Å². The van der Waals surface area contributed by atoms with Crippen LogP contribution in [0.25, 0.3) is 0 Å². The summed E-state index contributed by atoms with van der Waals surface area (Å²) in [5, 5.41) is 9.08. The predicted molar refractivity (Wildman–Crippen MR) is 52.0 cm³/mol. The number of rotatable bonds is 4. The van der Waals surface area contributed by atoms with Crippen LogP contribution in [-0.4, -0.2) is 35.6 Å². The molecule has 0 spiro atoms. The van der Waals surface area contributed by atoms with Gasteiger partial charge in [-0.25, -0.2) is 0 Å². The van der Waals surface area contributed by atoms with Crippen molar-refractivity contribution in [2.45, 2.75) is 6.42 Å². The Labute approximate surface area is 86.9 Å². The van der Waals surface area contributed by atoms with Crippen molar-refractivity contribution in [1.82, 2.24) is 4.90 Å². The molecule has 0 aliphatic carbocycles. The van der Waals surface area contributed by atoms with Crippen LogP contribution in [0.2, 0.25) is 0 Å². The van der Waals surface area contributed by atoms with Crippen molar-refractivity contribution in [3.63, 3.8) is 0 Å². The SMILES string of the molecule is O=C(O)CC1CN(CC(Cl)=CCl)C1. The minimum absolute atomic E-state index is 0.249. The van der Waals surface area contributed by atoms with Gasteiger partial charge in [-0.05, 0) is 5.92 Å². The summed E-state index contributed by atoms with van der Waals surface area (Å²) in [5.41, 5.74) is 1.34. The van der Waals surface area contributed by atoms with Gasteiger partial charge in [0.15, 0.2) is 0 Å². The van der Waals surface area contributed by atoms with Crippen LogP contribution in [-0.2, 0) is 4.79 Å². The Balaban J connectivity index is 2.15. The van der Waals surface area contributed by atoms with Gasteiger partial charge in [-0.3, -0.25) is 9.69 Å². The van der Waals surface area contributed by atoms with E-state index in [2.05, 4.69) is 4.90 Å². The lowest BCUT2D eigenvalue weighted by Gasteiger charge is -2.38. The molecule has 0 unspecified atom stereocenters. The standard InChI is InChI=1S/C8H11Cl2NO2/c9-2-7(10)5-11-3-6(4-11)1-8(12)13/h2,6H,1,3-5H2,(H,12,13). The van der Waals surface area contributed by atoms with Gasteiger partial charge < -0.3 is 5.11 Å². The highest BCUT2D eigenvalue weighted by molar-refractivity contribution is 6.36. The van der Waals surface area contributed by atoms with Gasteiger partial charge in [0.05, 0.1) is 6.42 Å². The van der Waals surface area contributed by atoms with Crippen LogP contribution in [0.15, 0.2) is 10.6 Å². The zero-order chi connectivity index (χ0) is 9.84. The Kier molecular flexibility index (Phi) is 4.03. The van der Waals surface area contributed by atoms with Crippen molar-refractivity contribution < 1.29 is 9.90 Å². The Bertz CT molecular complexity index is 224. The summed E-state index contributed by atoms with van der Waals surface area (Å²) >= 11 is 11.1. The van der Waals surface area contributed by atoms with Crippen molar-refractivity contribution >= 4 is 29.2 Å². The predicted octanol–water partition coefficient (Wildman–Crippen LogP) is 1.71. The fourth-order valence-corrected chi connectivity index (χ4v) is 1.67. The second-order valence-corrected chi connectivity index (χ2v) is 3.92. The molecule has 0 aromatic heterocycles. The molecule has 0 amide bonds. The second kappa shape index (κ2) is 4.84. The van der Waals surface area contributed by atoms with Crippen LogP contribution in [0.5, 0.6) is 0 Å². The third-order valence-electron chi connectivity index (χ3n) is 1.99. The molecule has 5 heteroatoms. The summed E-state index contributed by atoms with van der Waals surface area (Å²) in [6.45, 7) is 2.22. The molecule has 0 aromatic rings. The number of likely N-dealkylation sites (tertiary alicyclic amines) is 1. The average molecular weight is 224 g/mol. The number of hydrogen-bond acceptors (Lipinski definition) is 2. The highest BCUT2D eigenvalue weighted by Crippen LogP contribution is 2.21. The minimum Gasteiger partial charge on any atom is -0.481 e. The molecule has 1 heterocycles. The number of carbonyl (C=O) groups is 1. The average Bonchev–Trinajstić information content (AvgIpc) is 1.99. The third-order valence-corrected chi connectivity index (χ3v) is 2.59. The first-order valence-electron chi connectivity index (χ1n) is 4.00. The summed E-state index contributed by atoms with van der Waals surface area (Å²) in [6.07, 6.45) is 0.249. The van der Waals surface area contributed by atoms with E-state index >= 15 is 0 Å². The largest absolute Gasteiger partial charge is 0.481 e. The Morgan fingerprint density at radius 2 is 2.23 bits per heavy atom. The first-order valence-corrected chi connectivity index (χ1v) is 4.82. The van der Waals surface area contributed by atoms with E-state index in [0.717, 1.165) is 13.1 Å². The molecule has 74 valence electrons. The number of aliphatic carboxylic acids is 1. The Hall–Kier alpha value is -0.250. The van der Waals surface area contributed by atoms with Gasteiger partial charge in [-0.15, -0.1) is 0 Å². The van der Waals surface area contributed by atoms with Gasteiger partial charge in [0.2, 0.25) is 0 Å². The topological polar surface area (TPSA) is 40.5 Å². The van der Waals surface area contributed by atoms with Gasteiger partial charge in [0, 0.05) is 30.2 Å². The zero-order valence-electron chi connectivity index (χ0n) is 7.04. The van der Waals surface area contributed by atoms with Gasteiger partial charge in [0.1, 0.15) is 0 Å². The van der Waals surface area contributed by atoms with Gasteiger partial charge in [-0.1, -0.05) is 23.2 Å². The lowest BCUT2D eigenvalue weighted by molar-refractivity contribution is -0.139. The van der Waals surface area contributed by atoms with E-state index < -0.39 is 5.97 Å². The fraction of sp³-hybridized carbons (Fsp3) is 0.625. The molecule has 1 fully saturated rings. The molecule has 13 heavy (non-hydrogen) atoms. The van der Waals surface area contributed by atoms with Crippen molar-refractivity contribution in [2.24, 2.45) is 5.92 Å². The normalized spacial score (nSPS) is 20.0. The monoisotopic (exact) mass is 223 g/mol. The van der Waals surface area contributed by atoms with E-state index in [1.165, 1.54) is 5.54 Å². The molecular weight excluding hydrogens is 213 g/mol. The molecule has 0 atom stereocenters. The second-order valence-electron chi connectivity index (χ2n) is 3.21. The first-order chi connectivity index (χ1) is 6.11. The number of halogens is 2. The van der Waals surface area contributed by atoms with Crippen molar-refractivity contribution in [1.29, 1.82) is 0 Å². The van der Waals surface area contributed by atoms with Crippen molar-refractivity contribution in [3.05, 3.63) is 10.6 Å². The molecule has 0 radical (unpaired) electrons. The van der Waals surface area contributed by atoms with Gasteiger partial charge in [-0.2, -0.15) is 0 Å². The molecular formula is C8H11Cl2NO2. The van der Waals surface area contributed by atoms with Crippen LogP contribution >= 0.6 is 23.2 Å². The number of carboxylic acids is 1. The van der Waals surface area contributed by atoms with E-state index in [-0.39, 0.29) is 12.3 Å². The summed E-state index contributed by atoms with van der Waals surface area (Å²) < 4.78 is 0. The maximum atomic E-state index is 10.3. The maximum absolute atomic E-state index is 10.3.